The topological polar surface area (TPSA) is 91.0 Å². The van der Waals surface area contributed by atoms with Crippen molar-refractivity contribution in [3.63, 3.8) is 0 Å². The number of benzene rings is 3. The van der Waals surface area contributed by atoms with Crippen LogP contribution in [0.15, 0.2) is 90.1 Å². The molecule has 0 saturated carbocycles. The molecule has 2 aliphatic heterocycles. The van der Waals surface area contributed by atoms with E-state index in [9.17, 15) is 18.8 Å². The number of hydrogen-bond donors (Lipinski definition) is 2. The molecule has 2 heterocycles. The van der Waals surface area contributed by atoms with Crippen LogP contribution in [0.2, 0.25) is 0 Å². The van der Waals surface area contributed by atoms with Gasteiger partial charge < -0.3 is 20.3 Å². The lowest BCUT2D eigenvalue weighted by Crippen LogP contribution is -2.51. The van der Waals surface area contributed by atoms with Crippen LogP contribution in [0.5, 0.6) is 11.5 Å². The molecule has 0 bridgehead atoms. The van der Waals surface area contributed by atoms with Gasteiger partial charge in [0.05, 0.1) is 23.9 Å². The molecule has 0 spiro atoms. The van der Waals surface area contributed by atoms with E-state index in [4.69, 9.17) is 4.74 Å². The van der Waals surface area contributed by atoms with E-state index >= 15 is 0 Å². The van der Waals surface area contributed by atoms with Gasteiger partial charge in [-0.2, -0.15) is 0 Å². The van der Waals surface area contributed by atoms with Crippen LogP contribution in [0.3, 0.4) is 0 Å². The van der Waals surface area contributed by atoms with Gasteiger partial charge in [0.1, 0.15) is 23.4 Å². The highest BCUT2D eigenvalue weighted by Gasteiger charge is 2.47. The lowest BCUT2D eigenvalue weighted by Gasteiger charge is -2.33. The molecular weight excluding hydrogens is 523 g/mol. The van der Waals surface area contributed by atoms with Gasteiger partial charge in [-0.1, -0.05) is 56.3 Å². The van der Waals surface area contributed by atoms with Crippen molar-refractivity contribution in [1.29, 1.82) is 0 Å². The number of para-hydroxylation sites is 1. The normalized spacial score (nSPS) is 17.4. The number of hydrogen-bond acceptors (Lipinski definition) is 4. The summed E-state index contributed by atoms with van der Waals surface area (Å²) in [6.45, 7) is 6.22. The number of rotatable bonds is 9. The molecule has 0 radical (unpaired) electrons. The van der Waals surface area contributed by atoms with Gasteiger partial charge in [0.25, 0.3) is 5.91 Å². The zero-order chi connectivity index (χ0) is 29.1. The number of nitrogens with one attached hydrogen (secondary N) is 2. The highest BCUT2D eigenvalue weighted by Crippen LogP contribution is 2.39. The molecule has 2 atom stereocenters. The Kier molecular flexibility index (Phi) is 8.05. The summed E-state index contributed by atoms with van der Waals surface area (Å²) in [5.74, 6) is -0.00635. The minimum absolute atomic E-state index is 0.127. The molecule has 3 aromatic carbocycles. The first-order chi connectivity index (χ1) is 19.8. The summed E-state index contributed by atoms with van der Waals surface area (Å²) in [7, 11) is 0. The summed E-state index contributed by atoms with van der Waals surface area (Å²) in [4.78, 5) is 43.8. The van der Waals surface area contributed by atoms with Crippen LogP contribution >= 0.6 is 0 Å². The Bertz CT molecular complexity index is 1490. The van der Waals surface area contributed by atoms with Crippen LogP contribution in [-0.2, 0) is 16.1 Å². The lowest BCUT2D eigenvalue weighted by molar-refractivity contribution is -0.138. The maximum Gasteiger partial charge on any atom is 0.322 e. The van der Waals surface area contributed by atoms with E-state index in [2.05, 4.69) is 10.6 Å². The van der Waals surface area contributed by atoms with Gasteiger partial charge in [-0.25, -0.2) is 9.18 Å². The van der Waals surface area contributed by atoms with Gasteiger partial charge in [-0.3, -0.25) is 14.5 Å². The molecule has 4 amide bonds. The maximum atomic E-state index is 14.1. The molecular formula is C32H33FN4O4. The predicted octanol–water partition coefficient (Wildman–Crippen LogP) is 5.14. The summed E-state index contributed by atoms with van der Waals surface area (Å²) in [5.41, 5.74) is 2.34. The first kappa shape index (κ1) is 27.9. The number of amides is 4. The average molecular weight is 557 g/mol. The number of likely N-dealkylation sites (N-methyl/N-ethyl adjacent to an activating group) is 1. The van der Waals surface area contributed by atoms with Gasteiger partial charge in [0, 0.05) is 13.1 Å². The van der Waals surface area contributed by atoms with Crippen molar-refractivity contribution < 1.29 is 23.5 Å². The Morgan fingerprint density at radius 3 is 2.46 bits per heavy atom. The highest BCUT2D eigenvalue weighted by atomic mass is 19.1. The van der Waals surface area contributed by atoms with Gasteiger partial charge >= 0.3 is 6.03 Å². The molecule has 0 saturated heterocycles. The molecule has 2 aliphatic rings. The number of ether oxygens (including phenoxy) is 1. The summed E-state index contributed by atoms with van der Waals surface area (Å²) in [6, 6.07) is 20.9. The van der Waals surface area contributed by atoms with Crippen LogP contribution in [0.25, 0.3) is 0 Å². The van der Waals surface area contributed by atoms with Gasteiger partial charge in [-0.05, 0) is 60.4 Å². The van der Waals surface area contributed by atoms with E-state index in [1.54, 1.807) is 17.0 Å². The van der Waals surface area contributed by atoms with Crippen LogP contribution in [0.4, 0.5) is 9.18 Å². The average Bonchev–Trinajstić information content (AvgIpc) is 3.28. The van der Waals surface area contributed by atoms with Crippen LogP contribution in [-0.4, -0.2) is 46.8 Å². The van der Waals surface area contributed by atoms with Gasteiger partial charge in [-0.15, -0.1) is 0 Å². The highest BCUT2D eigenvalue weighted by molar-refractivity contribution is 6.03. The third kappa shape index (κ3) is 5.79. The standard InChI is InChI=1S/C32H33FN4O4/c1-4-36-26-19-37(29(20(2)3)30(38)34-18-21-10-8-12-23(33)16-21)31(39)27(26)28(35-32(36)40)22-11-9-15-25(17-22)41-24-13-6-5-7-14-24/h5-17,20,28-29H,4,18-19H2,1-3H3,(H,34,38)(H,35,40)/t28-,29+/m0/s1. The van der Waals surface area contributed by atoms with E-state index in [1.165, 1.54) is 17.0 Å². The van der Waals surface area contributed by atoms with Crippen molar-refractivity contribution in [1.82, 2.24) is 20.4 Å². The van der Waals surface area contributed by atoms with Crippen LogP contribution in [0.1, 0.15) is 37.9 Å². The molecule has 2 N–H and O–H groups in total. The first-order valence-corrected chi connectivity index (χ1v) is 13.7. The van der Waals surface area contributed by atoms with Crippen molar-refractivity contribution in [2.45, 2.75) is 39.4 Å². The fourth-order valence-corrected chi connectivity index (χ4v) is 5.45. The zero-order valence-corrected chi connectivity index (χ0v) is 23.3. The zero-order valence-electron chi connectivity index (χ0n) is 23.3. The molecule has 8 nitrogen and oxygen atoms in total. The minimum Gasteiger partial charge on any atom is -0.457 e. The Labute approximate surface area is 238 Å². The van der Waals surface area contributed by atoms with E-state index < -0.39 is 12.1 Å². The Morgan fingerprint density at radius 2 is 1.76 bits per heavy atom. The predicted molar refractivity (Wildman–Crippen MR) is 152 cm³/mol. The molecule has 0 fully saturated rings. The molecule has 5 rings (SSSR count). The van der Waals surface area contributed by atoms with Crippen molar-refractivity contribution >= 4 is 17.8 Å². The molecule has 9 heteroatoms. The summed E-state index contributed by atoms with van der Waals surface area (Å²) >= 11 is 0. The SMILES string of the molecule is CCN1C(=O)N[C@@H](c2cccc(Oc3ccccc3)c2)C2=C1CN([C@@H](C(=O)NCc1cccc(F)c1)C(C)C)C2=O. The Balaban J connectivity index is 1.42. The smallest absolute Gasteiger partial charge is 0.322 e. The number of nitrogens with zero attached hydrogens (tertiary/aromatic N) is 2. The largest absolute Gasteiger partial charge is 0.457 e. The number of halogens is 1. The Morgan fingerprint density at radius 1 is 1.02 bits per heavy atom. The third-order valence-corrected chi connectivity index (χ3v) is 7.33. The summed E-state index contributed by atoms with van der Waals surface area (Å²) in [5, 5.41) is 5.85. The molecule has 0 unspecified atom stereocenters. The van der Waals surface area contributed by atoms with Crippen molar-refractivity contribution in [3.8, 4) is 11.5 Å². The van der Waals surface area contributed by atoms with E-state index in [1.807, 2.05) is 75.4 Å². The fourth-order valence-electron chi connectivity index (χ4n) is 5.45. The second-order valence-electron chi connectivity index (χ2n) is 10.4. The fraction of sp³-hybridized carbons (Fsp3) is 0.281. The summed E-state index contributed by atoms with van der Waals surface area (Å²) in [6.07, 6.45) is 0. The van der Waals surface area contributed by atoms with Gasteiger partial charge in [0.2, 0.25) is 5.91 Å². The lowest BCUT2D eigenvalue weighted by atomic mass is 9.95. The Hall–Kier alpha value is -4.66. The van der Waals surface area contributed by atoms with Crippen LogP contribution < -0.4 is 15.4 Å². The molecule has 3 aromatic rings. The molecule has 212 valence electrons. The second-order valence-corrected chi connectivity index (χ2v) is 10.4. The van der Waals surface area contributed by atoms with Crippen molar-refractivity contribution in [2.75, 3.05) is 13.1 Å². The summed E-state index contributed by atoms with van der Waals surface area (Å²) < 4.78 is 19.6. The number of urea groups is 1. The van der Waals surface area contributed by atoms with Crippen molar-refractivity contribution in [2.24, 2.45) is 5.92 Å². The minimum atomic E-state index is -0.788. The molecule has 0 aromatic heterocycles. The monoisotopic (exact) mass is 556 g/mol. The third-order valence-electron chi connectivity index (χ3n) is 7.33. The maximum absolute atomic E-state index is 14.1. The van der Waals surface area contributed by atoms with E-state index in [0.717, 1.165) is 0 Å². The van der Waals surface area contributed by atoms with Crippen LogP contribution in [0, 0.1) is 11.7 Å². The van der Waals surface area contributed by atoms with Gasteiger partial charge in [0.15, 0.2) is 0 Å². The van der Waals surface area contributed by atoms with E-state index in [0.29, 0.717) is 40.4 Å². The molecule has 0 aliphatic carbocycles. The second kappa shape index (κ2) is 11.8. The molecule has 41 heavy (non-hydrogen) atoms. The van der Waals surface area contributed by atoms with Crippen molar-refractivity contribution in [3.05, 3.63) is 107 Å². The van der Waals surface area contributed by atoms with E-state index in [-0.39, 0.29) is 42.7 Å². The number of carbonyl (C=O) groups is 3. The number of carbonyl (C=O) groups excluding carboxylic acids is 3. The first-order valence-electron chi connectivity index (χ1n) is 13.7. The quantitative estimate of drug-likeness (QED) is 0.382.